The van der Waals surface area contributed by atoms with E-state index in [1.165, 1.54) is 26.2 Å². The van der Waals surface area contributed by atoms with Crippen molar-refractivity contribution in [2.75, 3.05) is 0 Å². The molecule has 12 heavy (non-hydrogen) atoms. The summed E-state index contributed by atoms with van der Waals surface area (Å²) in [7, 11) is 0. The molecule has 0 saturated carbocycles. The van der Waals surface area contributed by atoms with E-state index < -0.39 is 6.10 Å². The average Bonchev–Trinajstić information content (AvgIpc) is 2.03. The first-order valence-corrected chi connectivity index (χ1v) is 4.87. The minimum Gasteiger partial charge on any atom is -0.385 e. The minimum atomic E-state index is -0.716. The Bertz CT molecular complexity index is 121. The SMILES string of the molecule is CCCCCCC[C@H](O)C(C)=O. The van der Waals surface area contributed by atoms with Gasteiger partial charge < -0.3 is 5.11 Å². The molecule has 0 aromatic heterocycles. The summed E-state index contributed by atoms with van der Waals surface area (Å²) in [6.45, 7) is 3.61. The van der Waals surface area contributed by atoms with Gasteiger partial charge in [-0.05, 0) is 13.3 Å². The second-order valence-corrected chi connectivity index (χ2v) is 3.33. The maximum atomic E-state index is 10.6. The second kappa shape index (κ2) is 7.29. The minimum absolute atomic E-state index is 0.106. The van der Waals surface area contributed by atoms with Gasteiger partial charge in [-0.1, -0.05) is 39.0 Å². The van der Waals surface area contributed by atoms with Gasteiger partial charge in [-0.15, -0.1) is 0 Å². The fourth-order valence-electron chi connectivity index (χ4n) is 1.14. The normalized spacial score (nSPS) is 12.9. The fourth-order valence-corrected chi connectivity index (χ4v) is 1.14. The lowest BCUT2D eigenvalue weighted by molar-refractivity contribution is -0.125. The van der Waals surface area contributed by atoms with E-state index >= 15 is 0 Å². The molecule has 0 fully saturated rings. The molecular weight excluding hydrogens is 152 g/mol. The standard InChI is InChI=1S/C10H20O2/c1-3-4-5-6-7-8-10(12)9(2)11/h10,12H,3-8H2,1-2H3/t10-/m0/s1. The Morgan fingerprint density at radius 2 is 1.83 bits per heavy atom. The molecule has 0 aromatic rings. The van der Waals surface area contributed by atoms with Crippen LogP contribution < -0.4 is 0 Å². The number of Topliss-reactive ketones (excluding diaryl/α,β-unsaturated/α-hetero) is 1. The molecule has 0 radical (unpaired) electrons. The highest BCUT2D eigenvalue weighted by Crippen LogP contribution is 2.07. The Morgan fingerprint density at radius 1 is 1.25 bits per heavy atom. The lowest BCUT2D eigenvalue weighted by atomic mass is 10.1. The summed E-state index contributed by atoms with van der Waals surface area (Å²) in [6, 6.07) is 0. The first-order chi connectivity index (χ1) is 5.68. The summed E-state index contributed by atoms with van der Waals surface area (Å²) < 4.78 is 0. The van der Waals surface area contributed by atoms with Crippen molar-refractivity contribution in [3.8, 4) is 0 Å². The smallest absolute Gasteiger partial charge is 0.158 e. The third-order valence-electron chi connectivity index (χ3n) is 2.05. The van der Waals surface area contributed by atoms with E-state index in [2.05, 4.69) is 6.92 Å². The topological polar surface area (TPSA) is 37.3 Å². The number of hydrogen-bond acceptors (Lipinski definition) is 2. The van der Waals surface area contributed by atoms with Crippen LogP contribution in [0.25, 0.3) is 0 Å². The Kier molecular flexibility index (Phi) is 7.06. The Balaban J connectivity index is 3.14. The molecule has 72 valence electrons. The van der Waals surface area contributed by atoms with Gasteiger partial charge in [0.25, 0.3) is 0 Å². The van der Waals surface area contributed by atoms with Gasteiger partial charge in [0.2, 0.25) is 0 Å². The highest BCUT2D eigenvalue weighted by atomic mass is 16.3. The molecule has 0 aliphatic carbocycles. The summed E-state index contributed by atoms with van der Waals surface area (Å²) in [5.74, 6) is -0.106. The van der Waals surface area contributed by atoms with Gasteiger partial charge in [0.15, 0.2) is 5.78 Å². The summed E-state index contributed by atoms with van der Waals surface area (Å²) >= 11 is 0. The highest BCUT2D eigenvalue weighted by molar-refractivity contribution is 5.79. The number of aliphatic hydroxyl groups excluding tert-OH is 1. The maximum Gasteiger partial charge on any atom is 0.158 e. The molecule has 0 saturated heterocycles. The van der Waals surface area contributed by atoms with Crippen LogP contribution in [0.3, 0.4) is 0 Å². The van der Waals surface area contributed by atoms with E-state index in [9.17, 15) is 4.79 Å². The zero-order chi connectivity index (χ0) is 9.40. The molecule has 0 amide bonds. The van der Waals surface area contributed by atoms with E-state index in [-0.39, 0.29) is 5.78 Å². The predicted molar refractivity (Wildman–Crippen MR) is 50.1 cm³/mol. The molecule has 0 heterocycles. The number of carbonyl (C=O) groups is 1. The van der Waals surface area contributed by atoms with Crippen molar-refractivity contribution >= 4 is 5.78 Å². The van der Waals surface area contributed by atoms with Crippen LogP contribution in [-0.2, 0) is 4.79 Å². The fraction of sp³-hybridized carbons (Fsp3) is 0.900. The number of unbranched alkanes of at least 4 members (excludes halogenated alkanes) is 4. The Morgan fingerprint density at radius 3 is 2.33 bits per heavy atom. The lowest BCUT2D eigenvalue weighted by Crippen LogP contribution is -2.16. The molecule has 1 atom stereocenters. The Labute approximate surface area is 75.0 Å². The predicted octanol–water partition coefficient (Wildman–Crippen LogP) is 2.30. The summed E-state index contributed by atoms with van der Waals surface area (Å²) in [6.07, 6.45) is 5.75. The molecule has 0 unspecified atom stereocenters. The van der Waals surface area contributed by atoms with Gasteiger partial charge in [-0.2, -0.15) is 0 Å². The van der Waals surface area contributed by atoms with E-state index in [4.69, 9.17) is 5.11 Å². The van der Waals surface area contributed by atoms with Crippen LogP contribution in [0.4, 0.5) is 0 Å². The van der Waals surface area contributed by atoms with Crippen LogP contribution >= 0.6 is 0 Å². The second-order valence-electron chi connectivity index (χ2n) is 3.33. The van der Waals surface area contributed by atoms with Crippen molar-refractivity contribution in [1.82, 2.24) is 0 Å². The largest absolute Gasteiger partial charge is 0.385 e. The van der Waals surface area contributed by atoms with Crippen molar-refractivity contribution in [2.45, 2.75) is 58.5 Å². The van der Waals surface area contributed by atoms with E-state index in [0.29, 0.717) is 6.42 Å². The van der Waals surface area contributed by atoms with Gasteiger partial charge >= 0.3 is 0 Å². The van der Waals surface area contributed by atoms with E-state index in [0.717, 1.165) is 12.8 Å². The van der Waals surface area contributed by atoms with Crippen LogP contribution in [0.15, 0.2) is 0 Å². The number of carbonyl (C=O) groups excluding carboxylic acids is 1. The van der Waals surface area contributed by atoms with Crippen molar-refractivity contribution in [2.24, 2.45) is 0 Å². The number of ketones is 1. The quantitative estimate of drug-likeness (QED) is 0.598. The van der Waals surface area contributed by atoms with Crippen LogP contribution in [0.2, 0.25) is 0 Å². The monoisotopic (exact) mass is 172 g/mol. The lowest BCUT2D eigenvalue weighted by Gasteiger charge is -2.05. The molecule has 0 aliphatic heterocycles. The molecular formula is C10H20O2. The summed E-state index contributed by atoms with van der Waals surface area (Å²) in [5, 5.41) is 9.13. The molecule has 0 rings (SSSR count). The average molecular weight is 172 g/mol. The molecule has 0 aromatic carbocycles. The van der Waals surface area contributed by atoms with Gasteiger partial charge in [0.1, 0.15) is 6.10 Å². The van der Waals surface area contributed by atoms with E-state index in [1.54, 1.807) is 0 Å². The Hall–Kier alpha value is -0.370. The first kappa shape index (κ1) is 11.6. The van der Waals surface area contributed by atoms with E-state index in [1.807, 2.05) is 0 Å². The number of hydrogen-bond donors (Lipinski definition) is 1. The van der Waals surface area contributed by atoms with Gasteiger partial charge in [-0.3, -0.25) is 4.79 Å². The number of aliphatic hydroxyl groups is 1. The first-order valence-electron chi connectivity index (χ1n) is 4.87. The van der Waals surface area contributed by atoms with Crippen LogP contribution in [0, 0.1) is 0 Å². The van der Waals surface area contributed by atoms with Crippen molar-refractivity contribution in [3.05, 3.63) is 0 Å². The number of rotatable bonds is 7. The molecule has 2 heteroatoms. The molecule has 0 aliphatic rings. The summed E-state index contributed by atoms with van der Waals surface area (Å²) in [4.78, 5) is 10.6. The molecule has 0 bridgehead atoms. The summed E-state index contributed by atoms with van der Waals surface area (Å²) in [5.41, 5.74) is 0. The van der Waals surface area contributed by atoms with Gasteiger partial charge in [0.05, 0.1) is 0 Å². The zero-order valence-electron chi connectivity index (χ0n) is 8.18. The van der Waals surface area contributed by atoms with Crippen molar-refractivity contribution in [3.63, 3.8) is 0 Å². The highest BCUT2D eigenvalue weighted by Gasteiger charge is 2.07. The molecule has 0 spiro atoms. The van der Waals surface area contributed by atoms with Crippen LogP contribution in [-0.4, -0.2) is 17.0 Å². The molecule has 1 N–H and O–H groups in total. The third-order valence-corrected chi connectivity index (χ3v) is 2.05. The zero-order valence-corrected chi connectivity index (χ0v) is 8.18. The van der Waals surface area contributed by atoms with Crippen molar-refractivity contribution in [1.29, 1.82) is 0 Å². The van der Waals surface area contributed by atoms with Crippen molar-refractivity contribution < 1.29 is 9.90 Å². The van der Waals surface area contributed by atoms with Gasteiger partial charge in [0, 0.05) is 0 Å². The van der Waals surface area contributed by atoms with Crippen LogP contribution in [0.5, 0.6) is 0 Å². The molecule has 2 nitrogen and oxygen atoms in total. The van der Waals surface area contributed by atoms with Crippen LogP contribution in [0.1, 0.15) is 52.4 Å². The third kappa shape index (κ3) is 6.35. The maximum absolute atomic E-state index is 10.6. The van der Waals surface area contributed by atoms with Gasteiger partial charge in [-0.25, -0.2) is 0 Å².